The van der Waals surface area contributed by atoms with Gasteiger partial charge in [0.1, 0.15) is 11.7 Å². The summed E-state index contributed by atoms with van der Waals surface area (Å²) in [5, 5.41) is 19.7. The van der Waals surface area contributed by atoms with E-state index >= 15 is 0 Å². The second kappa shape index (κ2) is 5.27. The third kappa shape index (κ3) is 3.06. The third-order valence-corrected chi connectivity index (χ3v) is 2.11. The molecule has 0 aliphatic carbocycles. The van der Waals surface area contributed by atoms with Crippen LogP contribution in [0.4, 0.5) is 0 Å². The van der Waals surface area contributed by atoms with Crippen LogP contribution in [0.2, 0.25) is 0 Å². The summed E-state index contributed by atoms with van der Waals surface area (Å²) < 4.78 is 4.92. The zero-order valence-electron chi connectivity index (χ0n) is 8.67. The predicted molar refractivity (Wildman–Crippen MR) is 52.6 cm³/mol. The molecule has 1 atom stereocenters. The number of carboxylic acids is 1. The molecule has 1 unspecified atom stereocenters. The molecule has 0 radical (unpaired) electrons. The number of carboxylic acid groups (broad SMARTS) is 1. The molecule has 0 aromatic heterocycles. The van der Waals surface area contributed by atoms with Gasteiger partial charge in [-0.15, -0.1) is 0 Å². The van der Waals surface area contributed by atoms with Crippen molar-refractivity contribution in [2.24, 2.45) is 0 Å². The minimum atomic E-state index is -1.78. The van der Waals surface area contributed by atoms with Crippen LogP contribution < -0.4 is 9.84 Å². The lowest BCUT2D eigenvalue weighted by atomic mass is 10.0. The average molecular weight is 223 g/mol. The molecule has 0 aliphatic heterocycles. The molecule has 86 valence electrons. The van der Waals surface area contributed by atoms with Gasteiger partial charge < -0.3 is 19.7 Å². The molecule has 0 saturated heterocycles. The van der Waals surface area contributed by atoms with Crippen LogP contribution in [0.5, 0.6) is 5.75 Å². The smallest absolute Gasteiger partial charge is 0.181 e. The lowest BCUT2D eigenvalue weighted by Gasteiger charge is -2.11. The fourth-order valence-electron chi connectivity index (χ4n) is 1.20. The van der Waals surface area contributed by atoms with Crippen molar-refractivity contribution in [3.8, 4) is 5.75 Å². The van der Waals surface area contributed by atoms with E-state index in [1.807, 2.05) is 0 Å². The molecule has 1 aromatic rings. The Hall–Kier alpha value is -1.88. The Labute approximate surface area is 92.3 Å². The van der Waals surface area contributed by atoms with Gasteiger partial charge in [-0.05, 0) is 17.7 Å². The fraction of sp³-hybridized carbons (Fsp3) is 0.273. The lowest BCUT2D eigenvalue weighted by molar-refractivity contribution is -0.300. The van der Waals surface area contributed by atoms with E-state index in [2.05, 4.69) is 0 Å². The standard InChI is InChI=1S/C11H12O5/c1-16-8-4-2-7(3-5-8)9(12)6-10(13)11(14)15/h2-5,9,12H,6H2,1H3,(H,14,15)/p-1. The number of carbonyl (C=O) groups is 2. The number of Topliss-reactive ketones (excluding diaryl/α,β-unsaturated/α-hetero) is 1. The van der Waals surface area contributed by atoms with Crippen molar-refractivity contribution in [1.82, 2.24) is 0 Å². The minimum absolute atomic E-state index is 0.454. The molecule has 0 bridgehead atoms. The molecule has 16 heavy (non-hydrogen) atoms. The van der Waals surface area contributed by atoms with Crippen molar-refractivity contribution in [3.05, 3.63) is 29.8 Å². The van der Waals surface area contributed by atoms with Gasteiger partial charge in [0.05, 0.1) is 13.2 Å². The van der Waals surface area contributed by atoms with Crippen molar-refractivity contribution in [2.75, 3.05) is 7.11 Å². The molecular formula is C11H11O5-. The molecule has 0 aliphatic rings. The first kappa shape index (κ1) is 12.2. The number of ether oxygens (including phenoxy) is 1. The van der Waals surface area contributed by atoms with E-state index < -0.39 is 24.3 Å². The Bertz CT molecular complexity index is 382. The highest BCUT2D eigenvalue weighted by Gasteiger charge is 2.13. The molecule has 1 N–H and O–H groups in total. The summed E-state index contributed by atoms with van der Waals surface area (Å²) >= 11 is 0. The maximum atomic E-state index is 10.8. The van der Waals surface area contributed by atoms with E-state index in [0.717, 1.165) is 0 Å². The van der Waals surface area contributed by atoms with Gasteiger partial charge in [-0.25, -0.2) is 0 Å². The monoisotopic (exact) mass is 223 g/mol. The Morgan fingerprint density at radius 3 is 2.38 bits per heavy atom. The number of aliphatic carboxylic acids is 1. The van der Waals surface area contributed by atoms with Gasteiger partial charge >= 0.3 is 0 Å². The molecule has 0 fully saturated rings. The van der Waals surface area contributed by atoms with E-state index in [0.29, 0.717) is 11.3 Å². The van der Waals surface area contributed by atoms with E-state index in [1.165, 1.54) is 7.11 Å². The molecule has 0 heterocycles. The van der Waals surface area contributed by atoms with Gasteiger partial charge in [0.25, 0.3) is 0 Å². The minimum Gasteiger partial charge on any atom is -0.542 e. The molecule has 1 aromatic carbocycles. The van der Waals surface area contributed by atoms with Crippen molar-refractivity contribution in [2.45, 2.75) is 12.5 Å². The summed E-state index contributed by atoms with van der Waals surface area (Å²) in [5.41, 5.74) is 0.454. The van der Waals surface area contributed by atoms with Crippen LogP contribution in [0.3, 0.4) is 0 Å². The Balaban J connectivity index is 2.69. The van der Waals surface area contributed by atoms with Crippen LogP contribution in [0.25, 0.3) is 0 Å². The Morgan fingerprint density at radius 1 is 1.38 bits per heavy atom. The van der Waals surface area contributed by atoms with Crippen LogP contribution in [-0.2, 0) is 9.59 Å². The Morgan fingerprint density at radius 2 is 1.94 bits per heavy atom. The topological polar surface area (TPSA) is 86.7 Å². The van der Waals surface area contributed by atoms with E-state index in [4.69, 9.17) is 4.74 Å². The van der Waals surface area contributed by atoms with Gasteiger partial charge in [-0.2, -0.15) is 0 Å². The highest BCUT2D eigenvalue weighted by atomic mass is 16.5. The second-order valence-corrected chi connectivity index (χ2v) is 3.20. The van der Waals surface area contributed by atoms with Crippen LogP contribution in [0, 0.1) is 0 Å². The molecular weight excluding hydrogens is 212 g/mol. The van der Waals surface area contributed by atoms with E-state index in [1.54, 1.807) is 24.3 Å². The highest BCUT2D eigenvalue weighted by molar-refractivity contribution is 6.31. The van der Waals surface area contributed by atoms with Crippen molar-refractivity contribution < 1.29 is 24.5 Å². The summed E-state index contributed by atoms with van der Waals surface area (Å²) in [7, 11) is 1.51. The average Bonchev–Trinajstić information content (AvgIpc) is 2.28. The quantitative estimate of drug-likeness (QED) is 0.676. The third-order valence-electron chi connectivity index (χ3n) is 2.11. The first-order valence-corrected chi connectivity index (χ1v) is 4.60. The van der Waals surface area contributed by atoms with E-state index in [-0.39, 0.29) is 0 Å². The first-order valence-electron chi connectivity index (χ1n) is 4.60. The zero-order valence-corrected chi connectivity index (χ0v) is 8.67. The summed E-state index contributed by atoms with van der Waals surface area (Å²) in [5.74, 6) is -2.29. The van der Waals surface area contributed by atoms with Gasteiger partial charge in [-0.3, -0.25) is 4.79 Å². The van der Waals surface area contributed by atoms with Gasteiger partial charge in [0.2, 0.25) is 0 Å². The fourth-order valence-corrected chi connectivity index (χ4v) is 1.20. The van der Waals surface area contributed by atoms with Crippen LogP contribution in [-0.4, -0.2) is 24.0 Å². The number of aliphatic hydroxyl groups is 1. The zero-order chi connectivity index (χ0) is 12.1. The second-order valence-electron chi connectivity index (χ2n) is 3.20. The SMILES string of the molecule is COc1ccc(C(O)CC(=O)C(=O)[O-])cc1. The molecule has 0 amide bonds. The maximum absolute atomic E-state index is 10.8. The highest BCUT2D eigenvalue weighted by Crippen LogP contribution is 2.19. The molecule has 0 spiro atoms. The number of hydrogen-bond acceptors (Lipinski definition) is 5. The number of benzene rings is 1. The molecule has 5 nitrogen and oxygen atoms in total. The lowest BCUT2D eigenvalue weighted by Crippen LogP contribution is -2.32. The number of aliphatic hydroxyl groups excluding tert-OH is 1. The molecule has 1 rings (SSSR count). The largest absolute Gasteiger partial charge is 0.542 e. The normalized spacial score (nSPS) is 11.9. The summed E-state index contributed by atoms with van der Waals surface area (Å²) in [6, 6.07) is 6.35. The number of methoxy groups -OCH3 is 1. The van der Waals surface area contributed by atoms with Crippen LogP contribution in [0.1, 0.15) is 18.1 Å². The maximum Gasteiger partial charge on any atom is 0.181 e. The van der Waals surface area contributed by atoms with Gasteiger partial charge in [0, 0.05) is 6.42 Å². The molecule has 0 saturated carbocycles. The summed E-state index contributed by atoms with van der Waals surface area (Å²) in [6.07, 6.45) is -1.63. The van der Waals surface area contributed by atoms with Crippen LogP contribution in [0.15, 0.2) is 24.3 Å². The summed E-state index contributed by atoms with van der Waals surface area (Å²) in [4.78, 5) is 21.0. The van der Waals surface area contributed by atoms with E-state index in [9.17, 15) is 19.8 Å². The Kier molecular flexibility index (Phi) is 4.02. The number of ketones is 1. The van der Waals surface area contributed by atoms with Crippen molar-refractivity contribution in [3.63, 3.8) is 0 Å². The molecule has 5 heteroatoms. The van der Waals surface area contributed by atoms with Gasteiger partial charge in [0.15, 0.2) is 5.78 Å². The number of carbonyl (C=O) groups excluding carboxylic acids is 2. The number of hydrogen-bond donors (Lipinski definition) is 1. The summed E-state index contributed by atoms with van der Waals surface area (Å²) in [6.45, 7) is 0. The van der Waals surface area contributed by atoms with Gasteiger partial charge in [-0.1, -0.05) is 12.1 Å². The van der Waals surface area contributed by atoms with Crippen molar-refractivity contribution >= 4 is 11.8 Å². The predicted octanol–water partition coefficient (Wildman–Crippen LogP) is -0.562. The first-order chi connectivity index (χ1) is 7.54. The van der Waals surface area contributed by atoms with Crippen molar-refractivity contribution in [1.29, 1.82) is 0 Å². The number of rotatable bonds is 5. The van der Waals surface area contributed by atoms with Crippen LogP contribution >= 0.6 is 0 Å².